The molecule has 0 spiro atoms. The second kappa shape index (κ2) is 7.20. The van der Waals surface area contributed by atoms with Crippen molar-refractivity contribution >= 4 is 15.9 Å². The van der Waals surface area contributed by atoms with E-state index in [1.54, 1.807) is 18.3 Å². The van der Waals surface area contributed by atoms with Crippen LogP contribution in [0.5, 0.6) is 0 Å². The van der Waals surface area contributed by atoms with Gasteiger partial charge < -0.3 is 5.32 Å². The van der Waals surface area contributed by atoms with Crippen molar-refractivity contribution in [3.8, 4) is 0 Å². The first-order chi connectivity index (χ1) is 8.95. The van der Waals surface area contributed by atoms with Crippen LogP contribution in [0.3, 0.4) is 0 Å². The van der Waals surface area contributed by atoms with Gasteiger partial charge in [0, 0.05) is 32.0 Å². The number of sulfonamides is 1. The summed E-state index contributed by atoms with van der Waals surface area (Å²) in [5.74, 6) is -0.252. The zero-order chi connectivity index (χ0) is 14.3. The molecular formula is C12H19N3O3S. The number of nitrogens with zero attached hydrogens (tertiary/aromatic N) is 2. The van der Waals surface area contributed by atoms with Gasteiger partial charge in [0.25, 0.3) is 5.91 Å². The molecule has 1 aromatic rings. The Kier molecular flexibility index (Phi) is 5.91. The van der Waals surface area contributed by atoms with Crippen molar-refractivity contribution in [2.45, 2.75) is 13.3 Å². The monoisotopic (exact) mass is 285 g/mol. The Bertz CT molecular complexity index is 502. The fourth-order valence-electron chi connectivity index (χ4n) is 1.59. The lowest BCUT2D eigenvalue weighted by Gasteiger charge is -2.19. The van der Waals surface area contributed by atoms with Gasteiger partial charge in [-0.25, -0.2) is 12.7 Å². The number of carbonyl (C=O) groups excluding carboxylic acids is 1. The molecule has 0 saturated heterocycles. The van der Waals surface area contributed by atoms with Crippen molar-refractivity contribution in [3.05, 3.63) is 30.1 Å². The van der Waals surface area contributed by atoms with Crippen LogP contribution in [-0.2, 0) is 10.0 Å². The van der Waals surface area contributed by atoms with E-state index in [1.807, 2.05) is 6.92 Å². The van der Waals surface area contributed by atoms with E-state index >= 15 is 0 Å². The summed E-state index contributed by atoms with van der Waals surface area (Å²) >= 11 is 0. The summed E-state index contributed by atoms with van der Waals surface area (Å²) < 4.78 is 24.3. The molecule has 0 unspecified atom stereocenters. The Morgan fingerprint density at radius 2 is 2.16 bits per heavy atom. The summed E-state index contributed by atoms with van der Waals surface area (Å²) in [7, 11) is -3.22. The highest BCUT2D eigenvalue weighted by molar-refractivity contribution is 7.88. The lowest BCUT2D eigenvalue weighted by Crippen LogP contribution is -2.38. The predicted octanol–water partition coefficient (Wildman–Crippen LogP) is 0.483. The smallest absolute Gasteiger partial charge is 0.252 e. The van der Waals surface area contributed by atoms with Crippen LogP contribution in [0.2, 0.25) is 0 Å². The number of carbonyl (C=O) groups is 1. The zero-order valence-electron chi connectivity index (χ0n) is 11.2. The SMILES string of the molecule is CCCN(CCNC(=O)c1cccnc1)S(C)(=O)=O. The van der Waals surface area contributed by atoms with Gasteiger partial charge in [0.1, 0.15) is 0 Å². The Balaban J connectivity index is 2.47. The highest BCUT2D eigenvalue weighted by atomic mass is 32.2. The van der Waals surface area contributed by atoms with Gasteiger partial charge in [-0.2, -0.15) is 0 Å². The van der Waals surface area contributed by atoms with Gasteiger partial charge in [0.05, 0.1) is 11.8 Å². The number of amides is 1. The summed E-state index contributed by atoms with van der Waals surface area (Å²) in [5, 5.41) is 2.67. The summed E-state index contributed by atoms with van der Waals surface area (Å²) in [4.78, 5) is 15.6. The topological polar surface area (TPSA) is 79.4 Å². The molecule has 0 saturated carbocycles. The van der Waals surface area contributed by atoms with Crippen LogP contribution < -0.4 is 5.32 Å². The minimum Gasteiger partial charge on any atom is -0.351 e. The van der Waals surface area contributed by atoms with Gasteiger partial charge >= 0.3 is 0 Å². The van der Waals surface area contributed by atoms with E-state index in [0.29, 0.717) is 12.1 Å². The highest BCUT2D eigenvalue weighted by Crippen LogP contribution is 1.99. The summed E-state index contributed by atoms with van der Waals surface area (Å²) in [5.41, 5.74) is 0.462. The standard InChI is InChI=1S/C12H19N3O3S/c1-3-8-15(19(2,17)18)9-7-14-12(16)11-5-4-6-13-10-11/h4-6,10H,3,7-9H2,1-2H3,(H,14,16). The van der Waals surface area contributed by atoms with E-state index in [1.165, 1.54) is 16.8 Å². The van der Waals surface area contributed by atoms with Crippen molar-refractivity contribution < 1.29 is 13.2 Å². The Hall–Kier alpha value is -1.47. The third-order valence-electron chi connectivity index (χ3n) is 2.51. The van der Waals surface area contributed by atoms with Crippen LogP contribution >= 0.6 is 0 Å². The molecular weight excluding hydrogens is 266 g/mol. The molecule has 0 atom stereocenters. The largest absolute Gasteiger partial charge is 0.351 e. The van der Waals surface area contributed by atoms with Crippen LogP contribution in [0.15, 0.2) is 24.5 Å². The fourth-order valence-corrected chi connectivity index (χ4v) is 2.52. The molecule has 0 bridgehead atoms. The van der Waals surface area contributed by atoms with Gasteiger partial charge in [-0.3, -0.25) is 9.78 Å². The molecule has 1 aromatic heterocycles. The maximum Gasteiger partial charge on any atom is 0.252 e. The van der Waals surface area contributed by atoms with Gasteiger partial charge in [-0.1, -0.05) is 6.92 Å². The van der Waals surface area contributed by atoms with E-state index in [2.05, 4.69) is 10.3 Å². The molecule has 7 heteroatoms. The van der Waals surface area contributed by atoms with Gasteiger partial charge in [0.15, 0.2) is 0 Å². The third kappa shape index (κ3) is 5.35. The number of nitrogens with one attached hydrogen (secondary N) is 1. The first kappa shape index (κ1) is 15.6. The first-order valence-corrected chi connectivity index (χ1v) is 7.93. The highest BCUT2D eigenvalue weighted by Gasteiger charge is 2.15. The Morgan fingerprint density at radius 1 is 1.42 bits per heavy atom. The molecule has 0 aromatic carbocycles. The van der Waals surface area contributed by atoms with E-state index < -0.39 is 10.0 Å². The Morgan fingerprint density at radius 3 is 2.68 bits per heavy atom. The molecule has 1 amide bonds. The fraction of sp³-hybridized carbons (Fsp3) is 0.500. The quantitative estimate of drug-likeness (QED) is 0.790. The average Bonchev–Trinajstić information content (AvgIpc) is 2.37. The van der Waals surface area contributed by atoms with Crippen LogP contribution in [0.4, 0.5) is 0 Å². The van der Waals surface area contributed by atoms with Crippen molar-refractivity contribution in [1.82, 2.24) is 14.6 Å². The summed E-state index contributed by atoms with van der Waals surface area (Å²) in [6.07, 6.45) is 4.97. The van der Waals surface area contributed by atoms with Gasteiger partial charge in [-0.05, 0) is 18.6 Å². The number of hydrogen-bond donors (Lipinski definition) is 1. The minimum absolute atomic E-state index is 0.252. The normalized spacial score (nSPS) is 11.5. The molecule has 19 heavy (non-hydrogen) atoms. The average molecular weight is 285 g/mol. The van der Waals surface area contributed by atoms with E-state index in [-0.39, 0.29) is 19.0 Å². The van der Waals surface area contributed by atoms with Crippen molar-refractivity contribution in [3.63, 3.8) is 0 Å². The molecule has 0 aliphatic rings. The minimum atomic E-state index is -3.22. The van der Waals surface area contributed by atoms with Crippen LogP contribution in [0.1, 0.15) is 23.7 Å². The maximum absolute atomic E-state index is 11.7. The second-order valence-electron chi connectivity index (χ2n) is 4.16. The number of aromatic nitrogens is 1. The maximum atomic E-state index is 11.7. The molecule has 0 aliphatic heterocycles. The summed E-state index contributed by atoms with van der Waals surface area (Å²) in [6, 6.07) is 3.33. The van der Waals surface area contributed by atoms with Crippen LogP contribution in [0, 0.1) is 0 Å². The predicted molar refractivity (Wildman–Crippen MR) is 73.3 cm³/mol. The lowest BCUT2D eigenvalue weighted by molar-refractivity contribution is 0.0951. The molecule has 6 nitrogen and oxygen atoms in total. The van der Waals surface area contributed by atoms with Crippen LogP contribution in [0.25, 0.3) is 0 Å². The third-order valence-corrected chi connectivity index (χ3v) is 3.82. The summed E-state index contributed by atoms with van der Waals surface area (Å²) in [6.45, 7) is 2.92. The molecule has 0 fully saturated rings. The van der Waals surface area contributed by atoms with Gasteiger partial charge in [-0.15, -0.1) is 0 Å². The zero-order valence-corrected chi connectivity index (χ0v) is 12.0. The lowest BCUT2D eigenvalue weighted by atomic mass is 10.3. The van der Waals surface area contributed by atoms with Crippen molar-refractivity contribution in [2.24, 2.45) is 0 Å². The molecule has 1 heterocycles. The number of rotatable bonds is 7. The van der Waals surface area contributed by atoms with E-state index in [9.17, 15) is 13.2 Å². The van der Waals surface area contributed by atoms with Crippen LogP contribution in [-0.4, -0.2) is 49.5 Å². The van der Waals surface area contributed by atoms with Crippen molar-refractivity contribution in [2.75, 3.05) is 25.9 Å². The van der Waals surface area contributed by atoms with Gasteiger partial charge in [0.2, 0.25) is 10.0 Å². The molecule has 0 radical (unpaired) electrons. The number of hydrogen-bond acceptors (Lipinski definition) is 4. The molecule has 0 aliphatic carbocycles. The Labute approximate surface area is 113 Å². The first-order valence-electron chi connectivity index (χ1n) is 6.08. The second-order valence-corrected chi connectivity index (χ2v) is 6.14. The van der Waals surface area contributed by atoms with E-state index in [4.69, 9.17) is 0 Å². The number of pyridine rings is 1. The van der Waals surface area contributed by atoms with Crippen molar-refractivity contribution in [1.29, 1.82) is 0 Å². The molecule has 1 N–H and O–H groups in total. The van der Waals surface area contributed by atoms with E-state index in [0.717, 1.165) is 6.42 Å². The molecule has 106 valence electrons. The molecule has 1 rings (SSSR count).